The largest absolute Gasteiger partial charge is 0.479 e. The number of carbonyl (C=O) groups excluding carboxylic acids is 2. The summed E-state index contributed by atoms with van der Waals surface area (Å²) in [5.41, 5.74) is 6.71. The second-order valence-electron chi connectivity index (χ2n) is 8.31. The molecule has 32 heavy (non-hydrogen) atoms. The first-order valence-electron chi connectivity index (χ1n) is 10.7. The number of carboxylic acids is 1. The Bertz CT molecular complexity index is 974. The van der Waals surface area contributed by atoms with Crippen LogP contribution in [0.1, 0.15) is 43.2 Å². The number of amides is 2. The number of alkyl carbamates (subject to hydrolysis) is 1. The van der Waals surface area contributed by atoms with Gasteiger partial charge >= 0.3 is 12.1 Å². The first-order chi connectivity index (χ1) is 15.4. The molecule has 2 amide bonds. The van der Waals surface area contributed by atoms with Crippen LogP contribution in [-0.4, -0.2) is 41.8 Å². The molecule has 0 spiro atoms. The molecule has 2 atom stereocenters. The van der Waals surface area contributed by atoms with Crippen molar-refractivity contribution in [3.8, 4) is 11.1 Å². The average molecular weight is 438 g/mol. The van der Waals surface area contributed by atoms with Gasteiger partial charge in [0.05, 0.1) is 0 Å². The number of rotatable bonds is 9. The van der Waals surface area contributed by atoms with Crippen LogP contribution in [0.3, 0.4) is 0 Å². The molecule has 1 saturated carbocycles. The van der Waals surface area contributed by atoms with E-state index in [0.29, 0.717) is 0 Å². The van der Waals surface area contributed by atoms with Gasteiger partial charge in [-0.1, -0.05) is 48.5 Å². The Morgan fingerprint density at radius 1 is 1.03 bits per heavy atom. The summed E-state index contributed by atoms with van der Waals surface area (Å²) < 4.78 is 5.47. The summed E-state index contributed by atoms with van der Waals surface area (Å²) in [6.45, 7) is 1.85. The van der Waals surface area contributed by atoms with E-state index in [1.807, 2.05) is 36.4 Å². The Labute approximate surface area is 185 Å². The van der Waals surface area contributed by atoms with Crippen molar-refractivity contribution in [2.45, 2.75) is 44.2 Å². The van der Waals surface area contributed by atoms with Crippen molar-refractivity contribution in [1.82, 2.24) is 10.8 Å². The van der Waals surface area contributed by atoms with E-state index in [-0.39, 0.29) is 24.9 Å². The van der Waals surface area contributed by atoms with Crippen molar-refractivity contribution in [1.29, 1.82) is 0 Å². The van der Waals surface area contributed by atoms with Gasteiger partial charge in [0.2, 0.25) is 5.91 Å². The molecule has 2 aliphatic carbocycles. The fourth-order valence-corrected chi connectivity index (χ4v) is 4.09. The summed E-state index contributed by atoms with van der Waals surface area (Å²) in [6, 6.07) is 15.6. The van der Waals surface area contributed by atoms with Gasteiger partial charge in [-0.25, -0.2) is 15.1 Å². The van der Waals surface area contributed by atoms with E-state index >= 15 is 0 Å². The SMILES string of the molecule is CC(CC(=O)NOC(C(=O)O)C1CC1)NC(=O)OCC1c2ccccc2-c2ccccc21. The van der Waals surface area contributed by atoms with Crippen LogP contribution in [0.25, 0.3) is 11.1 Å². The van der Waals surface area contributed by atoms with Crippen LogP contribution in [0.4, 0.5) is 4.79 Å². The number of benzene rings is 2. The van der Waals surface area contributed by atoms with Gasteiger partial charge in [-0.2, -0.15) is 0 Å². The number of carbonyl (C=O) groups is 3. The Hall–Kier alpha value is -3.39. The number of hydrogen-bond acceptors (Lipinski definition) is 5. The lowest BCUT2D eigenvalue weighted by Crippen LogP contribution is -2.40. The highest BCUT2D eigenvalue weighted by Gasteiger charge is 2.38. The van der Waals surface area contributed by atoms with Gasteiger partial charge in [0.15, 0.2) is 6.10 Å². The minimum atomic E-state index is -1.10. The number of hydrogen-bond donors (Lipinski definition) is 3. The first kappa shape index (κ1) is 21.8. The molecule has 2 unspecified atom stereocenters. The highest BCUT2D eigenvalue weighted by Crippen LogP contribution is 2.44. The number of ether oxygens (including phenoxy) is 1. The van der Waals surface area contributed by atoms with Crippen LogP contribution >= 0.6 is 0 Å². The molecular weight excluding hydrogens is 412 g/mol. The molecule has 0 aliphatic heterocycles. The van der Waals surface area contributed by atoms with E-state index in [1.54, 1.807) is 6.92 Å². The van der Waals surface area contributed by atoms with Crippen molar-refractivity contribution in [3.05, 3.63) is 59.7 Å². The molecule has 168 valence electrons. The standard InChI is InChI=1S/C24H26N2O6/c1-14(12-21(27)26-32-22(23(28)29)15-10-11-15)25-24(30)31-13-20-18-8-4-2-6-16(18)17-7-3-5-9-19(17)20/h2-9,14-15,20,22H,10-13H2,1H3,(H,25,30)(H,26,27)(H,28,29). The molecule has 0 radical (unpaired) electrons. The van der Waals surface area contributed by atoms with Gasteiger partial charge in [-0.3, -0.25) is 9.63 Å². The second kappa shape index (κ2) is 9.40. The predicted molar refractivity (Wildman–Crippen MR) is 116 cm³/mol. The molecule has 0 bridgehead atoms. The summed E-state index contributed by atoms with van der Waals surface area (Å²) in [4.78, 5) is 40.5. The maximum Gasteiger partial charge on any atom is 0.407 e. The molecule has 4 rings (SSSR count). The van der Waals surface area contributed by atoms with Gasteiger partial charge in [0.25, 0.3) is 0 Å². The third-order valence-corrected chi connectivity index (χ3v) is 5.79. The van der Waals surface area contributed by atoms with Gasteiger partial charge in [-0.15, -0.1) is 0 Å². The fourth-order valence-electron chi connectivity index (χ4n) is 4.09. The van der Waals surface area contributed by atoms with Crippen LogP contribution in [0.5, 0.6) is 0 Å². The van der Waals surface area contributed by atoms with Crippen LogP contribution in [0.2, 0.25) is 0 Å². The molecule has 0 aromatic heterocycles. The summed E-state index contributed by atoms with van der Waals surface area (Å²) in [5.74, 6) is -1.72. The molecule has 2 aromatic carbocycles. The van der Waals surface area contributed by atoms with Crippen LogP contribution in [0.15, 0.2) is 48.5 Å². The summed E-state index contributed by atoms with van der Waals surface area (Å²) >= 11 is 0. The highest BCUT2D eigenvalue weighted by molar-refractivity contribution is 5.79. The molecule has 0 saturated heterocycles. The zero-order valence-corrected chi connectivity index (χ0v) is 17.7. The van der Waals surface area contributed by atoms with Crippen LogP contribution in [-0.2, 0) is 19.2 Å². The third-order valence-electron chi connectivity index (χ3n) is 5.79. The maximum absolute atomic E-state index is 12.3. The molecule has 2 aromatic rings. The smallest absolute Gasteiger partial charge is 0.407 e. The van der Waals surface area contributed by atoms with Crippen LogP contribution in [0, 0.1) is 5.92 Å². The van der Waals surface area contributed by atoms with Gasteiger partial charge in [-0.05, 0) is 47.9 Å². The highest BCUT2D eigenvalue weighted by atomic mass is 16.7. The number of carboxylic acid groups (broad SMARTS) is 1. The topological polar surface area (TPSA) is 114 Å². The molecule has 3 N–H and O–H groups in total. The van der Waals surface area contributed by atoms with Crippen LogP contribution < -0.4 is 10.8 Å². The number of aliphatic carboxylic acids is 1. The van der Waals surface area contributed by atoms with Gasteiger partial charge < -0.3 is 15.2 Å². The van der Waals surface area contributed by atoms with E-state index in [1.165, 1.54) is 0 Å². The lowest BCUT2D eigenvalue weighted by atomic mass is 9.98. The van der Waals surface area contributed by atoms with Crippen molar-refractivity contribution in [3.63, 3.8) is 0 Å². The second-order valence-corrected chi connectivity index (χ2v) is 8.31. The number of hydroxylamine groups is 1. The Morgan fingerprint density at radius 3 is 2.19 bits per heavy atom. The summed E-state index contributed by atoms with van der Waals surface area (Å²) in [5, 5.41) is 11.8. The van der Waals surface area contributed by atoms with E-state index < -0.39 is 30.1 Å². The maximum atomic E-state index is 12.3. The lowest BCUT2D eigenvalue weighted by Gasteiger charge is -2.18. The molecule has 1 fully saturated rings. The average Bonchev–Trinajstić information content (AvgIpc) is 3.54. The summed E-state index contributed by atoms with van der Waals surface area (Å²) in [7, 11) is 0. The third kappa shape index (κ3) is 4.91. The molecule has 8 heteroatoms. The minimum Gasteiger partial charge on any atom is -0.479 e. The molecule has 0 heterocycles. The minimum absolute atomic E-state index is 0.0458. The fraction of sp³-hybridized carbons (Fsp3) is 0.375. The first-order valence-corrected chi connectivity index (χ1v) is 10.7. The quantitative estimate of drug-likeness (QED) is 0.518. The van der Waals surface area contributed by atoms with E-state index in [0.717, 1.165) is 35.1 Å². The van der Waals surface area contributed by atoms with Crippen molar-refractivity contribution in [2.75, 3.05) is 6.61 Å². The molecule has 2 aliphatic rings. The number of nitrogens with one attached hydrogen (secondary N) is 2. The lowest BCUT2D eigenvalue weighted by molar-refractivity contribution is -0.162. The number of fused-ring (bicyclic) bond motifs is 3. The van der Waals surface area contributed by atoms with E-state index in [9.17, 15) is 14.4 Å². The van der Waals surface area contributed by atoms with Crippen molar-refractivity contribution >= 4 is 18.0 Å². The zero-order valence-electron chi connectivity index (χ0n) is 17.7. The summed E-state index contributed by atoms with van der Waals surface area (Å²) in [6.07, 6.45) is -0.181. The molecule has 8 nitrogen and oxygen atoms in total. The van der Waals surface area contributed by atoms with E-state index in [4.69, 9.17) is 14.7 Å². The predicted octanol–water partition coefficient (Wildman–Crippen LogP) is 3.21. The van der Waals surface area contributed by atoms with Gasteiger partial charge in [0.1, 0.15) is 6.61 Å². The Morgan fingerprint density at radius 2 is 1.62 bits per heavy atom. The monoisotopic (exact) mass is 438 g/mol. The Kier molecular flexibility index (Phi) is 6.41. The molecular formula is C24H26N2O6. The van der Waals surface area contributed by atoms with Crippen molar-refractivity contribution < 1.29 is 29.1 Å². The Balaban J connectivity index is 1.25. The normalized spacial score (nSPS) is 16.4. The zero-order chi connectivity index (χ0) is 22.7. The van der Waals surface area contributed by atoms with E-state index in [2.05, 4.69) is 22.9 Å². The van der Waals surface area contributed by atoms with Crippen molar-refractivity contribution in [2.24, 2.45) is 5.92 Å². The van der Waals surface area contributed by atoms with Gasteiger partial charge in [0, 0.05) is 18.4 Å².